The SMILES string of the molecule is CC1=CC(C)(C(=O)O)N=C1. The van der Waals surface area contributed by atoms with Crippen LogP contribution in [-0.2, 0) is 4.79 Å². The van der Waals surface area contributed by atoms with E-state index < -0.39 is 11.5 Å². The van der Waals surface area contributed by atoms with Crippen LogP contribution in [0.1, 0.15) is 13.8 Å². The first-order valence-corrected chi connectivity index (χ1v) is 3.03. The molecule has 1 N–H and O–H groups in total. The first-order chi connectivity index (χ1) is 4.54. The number of rotatable bonds is 1. The molecule has 0 saturated heterocycles. The predicted molar refractivity (Wildman–Crippen MR) is 38.3 cm³/mol. The van der Waals surface area contributed by atoms with Crippen molar-refractivity contribution in [3.63, 3.8) is 0 Å². The van der Waals surface area contributed by atoms with Crippen LogP contribution in [0.5, 0.6) is 0 Å². The Balaban J connectivity index is 2.95. The van der Waals surface area contributed by atoms with E-state index in [-0.39, 0.29) is 0 Å². The second kappa shape index (κ2) is 1.94. The molecule has 0 aliphatic carbocycles. The zero-order valence-electron chi connectivity index (χ0n) is 5.96. The standard InChI is InChI=1S/C7H9NO2/c1-5-3-7(2,6(9)10)8-4-5/h3-4H,1-2H3,(H,9,10). The molecule has 0 aromatic heterocycles. The minimum atomic E-state index is -1.01. The molecule has 1 aliphatic rings. The number of allylic oxidation sites excluding steroid dienone is 1. The van der Waals surface area contributed by atoms with E-state index in [1.54, 1.807) is 19.2 Å². The van der Waals surface area contributed by atoms with Gasteiger partial charge in [-0.15, -0.1) is 0 Å². The fourth-order valence-corrected chi connectivity index (χ4v) is 0.871. The fraction of sp³-hybridized carbons (Fsp3) is 0.429. The summed E-state index contributed by atoms with van der Waals surface area (Å²) in [5.41, 5.74) is -0.103. The molecule has 0 bridgehead atoms. The van der Waals surface area contributed by atoms with E-state index in [9.17, 15) is 4.79 Å². The fourth-order valence-electron chi connectivity index (χ4n) is 0.871. The number of nitrogens with zero attached hydrogens (tertiary/aromatic N) is 1. The maximum Gasteiger partial charge on any atom is 0.335 e. The van der Waals surface area contributed by atoms with Crippen molar-refractivity contribution in [1.82, 2.24) is 0 Å². The highest BCUT2D eigenvalue weighted by molar-refractivity contribution is 5.92. The van der Waals surface area contributed by atoms with Gasteiger partial charge in [-0.05, 0) is 25.5 Å². The lowest BCUT2D eigenvalue weighted by Gasteiger charge is -2.10. The van der Waals surface area contributed by atoms with Crippen LogP contribution >= 0.6 is 0 Å². The van der Waals surface area contributed by atoms with Crippen LogP contribution in [0.2, 0.25) is 0 Å². The Bertz CT molecular complexity index is 230. The molecule has 0 fully saturated rings. The quantitative estimate of drug-likeness (QED) is 0.585. The van der Waals surface area contributed by atoms with Gasteiger partial charge in [-0.3, -0.25) is 4.99 Å². The summed E-state index contributed by atoms with van der Waals surface area (Å²) in [7, 11) is 0. The monoisotopic (exact) mass is 139 g/mol. The lowest BCUT2D eigenvalue weighted by molar-refractivity contribution is -0.140. The van der Waals surface area contributed by atoms with Gasteiger partial charge in [0, 0.05) is 6.21 Å². The molecule has 0 radical (unpaired) electrons. The second-order valence-corrected chi connectivity index (χ2v) is 2.60. The van der Waals surface area contributed by atoms with Gasteiger partial charge in [-0.25, -0.2) is 4.79 Å². The zero-order chi connectivity index (χ0) is 7.78. The molecule has 1 heterocycles. The molecule has 54 valence electrons. The molecule has 1 atom stereocenters. The van der Waals surface area contributed by atoms with Crippen molar-refractivity contribution in [2.45, 2.75) is 19.4 Å². The Morgan fingerprint density at radius 3 is 2.60 bits per heavy atom. The van der Waals surface area contributed by atoms with Gasteiger partial charge in [0.15, 0.2) is 5.54 Å². The number of carboxylic acids is 1. The van der Waals surface area contributed by atoms with Crippen molar-refractivity contribution in [2.75, 3.05) is 0 Å². The van der Waals surface area contributed by atoms with Gasteiger partial charge < -0.3 is 5.11 Å². The van der Waals surface area contributed by atoms with Gasteiger partial charge in [-0.1, -0.05) is 0 Å². The van der Waals surface area contributed by atoms with Crippen molar-refractivity contribution >= 4 is 12.2 Å². The zero-order valence-corrected chi connectivity index (χ0v) is 5.96. The van der Waals surface area contributed by atoms with E-state index in [0.29, 0.717) is 0 Å². The van der Waals surface area contributed by atoms with Gasteiger partial charge in [0.2, 0.25) is 0 Å². The molecule has 3 nitrogen and oxygen atoms in total. The normalized spacial score (nSPS) is 30.4. The van der Waals surface area contributed by atoms with Gasteiger partial charge in [0.05, 0.1) is 0 Å². The van der Waals surface area contributed by atoms with Crippen LogP contribution in [0.15, 0.2) is 16.6 Å². The summed E-state index contributed by atoms with van der Waals surface area (Å²) in [6.07, 6.45) is 3.21. The molecule has 10 heavy (non-hydrogen) atoms. The Hall–Kier alpha value is -1.12. The lowest BCUT2D eigenvalue weighted by Crippen LogP contribution is -2.28. The number of hydrogen-bond donors (Lipinski definition) is 1. The summed E-state index contributed by atoms with van der Waals surface area (Å²) >= 11 is 0. The molecule has 3 heteroatoms. The number of carbonyl (C=O) groups is 1. The summed E-state index contributed by atoms with van der Waals surface area (Å²) < 4.78 is 0. The largest absolute Gasteiger partial charge is 0.479 e. The average Bonchev–Trinajstić information content (AvgIpc) is 2.13. The van der Waals surface area contributed by atoms with Gasteiger partial charge in [0.25, 0.3) is 0 Å². The van der Waals surface area contributed by atoms with Crippen LogP contribution in [0, 0.1) is 0 Å². The summed E-state index contributed by atoms with van der Waals surface area (Å²) in [4.78, 5) is 14.3. The summed E-state index contributed by atoms with van der Waals surface area (Å²) in [5.74, 6) is -0.902. The van der Waals surface area contributed by atoms with Gasteiger partial charge in [0.1, 0.15) is 0 Å². The van der Waals surface area contributed by atoms with Crippen LogP contribution in [0.3, 0.4) is 0 Å². The van der Waals surface area contributed by atoms with Crippen LogP contribution in [0.4, 0.5) is 0 Å². The molecule has 0 aromatic rings. The third-order valence-corrected chi connectivity index (χ3v) is 1.48. The van der Waals surface area contributed by atoms with Crippen LogP contribution < -0.4 is 0 Å². The molecule has 1 rings (SSSR count). The summed E-state index contributed by atoms with van der Waals surface area (Å²) in [6, 6.07) is 0. The number of hydrogen-bond acceptors (Lipinski definition) is 2. The molecule has 0 aromatic carbocycles. The maximum absolute atomic E-state index is 10.5. The third-order valence-electron chi connectivity index (χ3n) is 1.48. The Labute approximate surface area is 59.1 Å². The van der Waals surface area contributed by atoms with Crippen LogP contribution in [-0.4, -0.2) is 22.8 Å². The predicted octanol–water partition coefficient (Wildman–Crippen LogP) is 0.860. The minimum Gasteiger partial charge on any atom is -0.479 e. The molecule has 0 spiro atoms. The van der Waals surface area contributed by atoms with Crippen molar-refractivity contribution in [3.8, 4) is 0 Å². The minimum absolute atomic E-state index is 0.902. The molecule has 0 amide bonds. The van der Waals surface area contributed by atoms with E-state index in [4.69, 9.17) is 5.11 Å². The van der Waals surface area contributed by atoms with Crippen molar-refractivity contribution in [1.29, 1.82) is 0 Å². The molecule has 1 unspecified atom stereocenters. The highest BCUT2D eigenvalue weighted by Gasteiger charge is 2.31. The van der Waals surface area contributed by atoms with Crippen molar-refractivity contribution < 1.29 is 9.90 Å². The smallest absolute Gasteiger partial charge is 0.335 e. The van der Waals surface area contributed by atoms with E-state index in [1.807, 2.05) is 6.92 Å². The molecular formula is C7H9NO2. The Kier molecular flexibility index (Phi) is 1.35. The number of aliphatic imine (C=N–C) groups is 1. The number of aliphatic carboxylic acids is 1. The molecular weight excluding hydrogens is 130 g/mol. The molecule has 1 aliphatic heterocycles. The average molecular weight is 139 g/mol. The Morgan fingerprint density at radius 2 is 2.40 bits per heavy atom. The van der Waals surface area contributed by atoms with E-state index in [0.717, 1.165) is 5.57 Å². The number of carboxylic acid groups (broad SMARTS) is 1. The van der Waals surface area contributed by atoms with E-state index in [2.05, 4.69) is 4.99 Å². The first-order valence-electron chi connectivity index (χ1n) is 3.03. The topological polar surface area (TPSA) is 49.7 Å². The molecule has 0 saturated carbocycles. The summed E-state index contributed by atoms with van der Waals surface area (Å²) in [5, 5.41) is 8.63. The third kappa shape index (κ3) is 0.943. The van der Waals surface area contributed by atoms with Crippen molar-refractivity contribution in [2.24, 2.45) is 4.99 Å². The van der Waals surface area contributed by atoms with Gasteiger partial charge >= 0.3 is 5.97 Å². The summed E-state index contributed by atoms with van der Waals surface area (Å²) in [6.45, 7) is 3.40. The first kappa shape index (κ1) is 6.99. The highest BCUT2D eigenvalue weighted by Crippen LogP contribution is 2.19. The lowest BCUT2D eigenvalue weighted by atomic mass is 10.0. The second-order valence-electron chi connectivity index (χ2n) is 2.60. The van der Waals surface area contributed by atoms with Crippen LogP contribution in [0.25, 0.3) is 0 Å². The Morgan fingerprint density at radius 1 is 1.80 bits per heavy atom. The maximum atomic E-state index is 10.5. The highest BCUT2D eigenvalue weighted by atomic mass is 16.4. The van der Waals surface area contributed by atoms with Gasteiger partial charge in [-0.2, -0.15) is 0 Å². The van der Waals surface area contributed by atoms with E-state index >= 15 is 0 Å². The van der Waals surface area contributed by atoms with E-state index in [1.165, 1.54) is 0 Å². The van der Waals surface area contributed by atoms with Crippen molar-refractivity contribution in [3.05, 3.63) is 11.6 Å².